The average molecular weight is 580 g/mol. The Morgan fingerprint density at radius 1 is 1.05 bits per heavy atom. The van der Waals surface area contributed by atoms with Crippen molar-refractivity contribution in [3.63, 3.8) is 0 Å². The fourth-order valence-corrected chi connectivity index (χ4v) is 6.09. The highest BCUT2D eigenvalue weighted by molar-refractivity contribution is 5.81. The normalized spacial score (nSPS) is 16.0. The quantitative estimate of drug-likeness (QED) is 0.237. The van der Waals surface area contributed by atoms with E-state index in [4.69, 9.17) is 20.9 Å². The molecule has 5 N–H and O–H groups in total. The standard InChI is InChI=1S/C33H37N7O3/c1-21(41)36-14-16-40-29-7-3-2-6-27(29)37-32(40)25-5-4-15-39(20-25)31(42)19-26(34)17-22-8-10-23(11-9-22)24-12-13-30-28(18-24)38-33(35)43-30/h2-3,6-13,18,25-26H,4-5,14-17,19-20,34H2,1H3,(H2,35,38)(H,36,41)/t25-,26-/m1/s1. The number of aromatic nitrogens is 3. The topological polar surface area (TPSA) is 145 Å². The number of carbonyl (C=O) groups is 2. The molecule has 0 bridgehead atoms. The van der Waals surface area contributed by atoms with Crippen LogP contribution < -0.4 is 16.8 Å². The van der Waals surface area contributed by atoms with Crippen molar-refractivity contribution in [2.24, 2.45) is 5.73 Å². The number of fused-ring (bicyclic) bond motifs is 2. The van der Waals surface area contributed by atoms with Crippen LogP contribution in [0.2, 0.25) is 0 Å². The molecule has 2 aromatic heterocycles. The number of nitrogens with two attached hydrogens (primary N) is 2. The van der Waals surface area contributed by atoms with Gasteiger partial charge in [0.25, 0.3) is 6.01 Å². The summed E-state index contributed by atoms with van der Waals surface area (Å²) >= 11 is 0. The Hall–Kier alpha value is -4.70. The number of anilines is 1. The first kappa shape index (κ1) is 28.4. The zero-order valence-electron chi connectivity index (χ0n) is 24.3. The molecule has 3 heterocycles. The molecule has 222 valence electrons. The summed E-state index contributed by atoms with van der Waals surface area (Å²) in [5.74, 6) is 1.12. The van der Waals surface area contributed by atoms with Gasteiger partial charge in [0.2, 0.25) is 11.8 Å². The second-order valence-corrected chi connectivity index (χ2v) is 11.4. The molecule has 1 fully saturated rings. The lowest BCUT2D eigenvalue weighted by Gasteiger charge is -2.33. The predicted octanol–water partition coefficient (Wildman–Crippen LogP) is 4.23. The van der Waals surface area contributed by atoms with E-state index in [2.05, 4.69) is 45.2 Å². The van der Waals surface area contributed by atoms with E-state index in [-0.39, 0.29) is 36.2 Å². The number of piperidine rings is 1. The van der Waals surface area contributed by atoms with E-state index in [1.54, 1.807) is 0 Å². The number of nitrogens with one attached hydrogen (secondary N) is 1. The number of imidazole rings is 1. The molecule has 43 heavy (non-hydrogen) atoms. The van der Waals surface area contributed by atoms with E-state index in [0.717, 1.165) is 58.5 Å². The van der Waals surface area contributed by atoms with Crippen molar-refractivity contribution < 1.29 is 14.0 Å². The van der Waals surface area contributed by atoms with E-state index in [1.807, 2.05) is 41.3 Å². The molecular weight excluding hydrogens is 542 g/mol. The van der Waals surface area contributed by atoms with E-state index >= 15 is 0 Å². The number of nitrogens with zero attached hydrogens (tertiary/aromatic N) is 4. The second-order valence-electron chi connectivity index (χ2n) is 11.4. The van der Waals surface area contributed by atoms with E-state index in [0.29, 0.717) is 31.6 Å². The molecule has 2 amide bonds. The third-order valence-electron chi connectivity index (χ3n) is 8.16. The average Bonchev–Trinajstić information content (AvgIpc) is 3.56. The molecule has 10 nitrogen and oxygen atoms in total. The number of amides is 2. The first-order chi connectivity index (χ1) is 20.8. The smallest absolute Gasteiger partial charge is 0.292 e. The molecule has 1 aliphatic heterocycles. The van der Waals surface area contributed by atoms with Gasteiger partial charge in [0.1, 0.15) is 11.3 Å². The van der Waals surface area contributed by atoms with Crippen LogP contribution in [0.4, 0.5) is 6.01 Å². The monoisotopic (exact) mass is 579 g/mol. The highest BCUT2D eigenvalue weighted by Crippen LogP contribution is 2.30. The van der Waals surface area contributed by atoms with Gasteiger partial charge in [-0.05, 0) is 60.2 Å². The molecule has 0 saturated carbocycles. The van der Waals surface area contributed by atoms with E-state index in [1.165, 1.54) is 6.92 Å². The summed E-state index contributed by atoms with van der Waals surface area (Å²) in [6, 6.07) is 22.0. The number of hydrogen-bond donors (Lipinski definition) is 3. The number of para-hydroxylation sites is 2. The second kappa shape index (κ2) is 12.3. The summed E-state index contributed by atoms with van der Waals surface area (Å²) in [4.78, 5) is 36.0. The Labute approximate surface area is 250 Å². The summed E-state index contributed by atoms with van der Waals surface area (Å²) < 4.78 is 7.56. The van der Waals surface area contributed by atoms with Crippen LogP contribution in [0, 0.1) is 0 Å². The number of hydrogen-bond acceptors (Lipinski definition) is 7. The molecule has 10 heteroatoms. The summed E-state index contributed by atoms with van der Waals surface area (Å²) in [6.45, 7) is 4.03. The van der Waals surface area contributed by atoms with Crippen LogP contribution in [0.5, 0.6) is 0 Å². The molecular formula is C33H37N7O3. The van der Waals surface area contributed by atoms with Gasteiger partial charge in [0.15, 0.2) is 5.58 Å². The number of benzene rings is 3. The van der Waals surface area contributed by atoms with Gasteiger partial charge in [0, 0.05) is 51.5 Å². The van der Waals surface area contributed by atoms with Crippen molar-refractivity contribution in [1.82, 2.24) is 24.8 Å². The Bertz CT molecular complexity index is 1760. The van der Waals surface area contributed by atoms with Crippen LogP contribution in [0.1, 0.15) is 43.5 Å². The summed E-state index contributed by atoms with van der Waals surface area (Å²) in [5.41, 5.74) is 18.7. The molecule has 0 spiro atoms. The van der Waals surface area contributed by atoms with Crippen molar-refractivity contribution in [3.8, 4) is 11.1 Å². The van der Waals surface area contributed by atoms with E-state index < -0.39 is 0 Å². The minimum absolute atomic E-state index is 0.0523. The summed E-state index contributed by atoms with van der Waals surface area (Å²) in [6.07, 6.45) is 2.77. The number of rotatable bonds is 9. The molecule has 2 atom stereocenters. The fourth-order valence-electron chi connectivity index (χ4n) is 6.09. The maximum absolute atomic E-state index is 13.4. The van der Waals surface area contributed by atoms with Crippen LogP contribution in [-0.4, -0.2) is 56.9 Å². The molecule has 6 rings (SSSR count). The molecule has 0 aliphatic carbocycles. The van der Waals surface area contributed by atoms with Crippen molar-refractivity contribution in [2.75, 3.05) is 25.4 Å². The molecule has 5 aromatic rings. The minimum Gasteiger partial charge on any atom is -0.424 e. The van der Waals surface area contributed by atoms with Crippen molar-refractivity contribution in [3.05, 3.63) is 78.1 Å². The maximum atomic E-state index is 13.4. The van der Waals surface area contributed by atoms with Gasteiger partial charge in [0.05, 0.1) is 11.0 Å². The van der Waals surface area contributed by atoms with Gasteiger partial charge in [-0.1, -0.05) is 42.5 Å². The van der Waals surface area contributed by atoms with Gasteiger partial charge in [-0.3, -0.25) is 9.59 Å². The predicted molar refractivity (Wildman–Crippen MR) is 167 cm³/mol. The van der Waals surface area contributed by atoms with E-state index in [9.17, 15) is 9.59 Å². The largest absolute Gasteiger partial charge is 0.424 e. The molecule has 1 saturated heterocycles. The number of oxazole rings is 1. The summed E-state index contributed by atoms with van der Waals surface area (Å²) in [7, 11) is 0. The zero-order valence-corrected chi connectivity index (χ0v) is 24.3. The van der Waals surface area contributed by atoms with Crippen LogP contribution in [0.15, 0.2) is 71.1 Å². The van der Waals surface area contributed by atoms with Gasteiger partial charge >= 0.3 is 0 Å². The van der Waals surface area contributed by atoms with Crippen LogP contribution in [-0.2, 0) is 22.6 Å². The Morgan fingerprint density at radius 3 is 2.65 bits per heavy atom. The van der Waals surface area contributed by atoms with Crippen molar-refractivity contribution in [1.29, 1.82) is 0 Å². The first-order valence-corrected chi connectivity index (χ1v) is 14.8. The number of likely N-dealkylation sites (tertiary alicyclic amines) is 1. The first-order valence-electron chi connectivity index (χ1n) is 14.8. The number of carbonyl (C=O) groups excluding carboxylic acids is 2. The molecule has 0 unspecified atom stereocenters. The fraction of sp³-hybridized carbons (Fsp3) is 0.333. The van der Waals surface area contributed by atoms with Crippen molar-refractivity contribution in [2.45, 2.75) is 51.1 Å². The number of nitrogen functional groups attached to an aromatic ring is 1. The molecule has 1 aliphatic rings. The van der Waals surface area contributed by atoms with Gasteiger partial charge in [-0.25, -0.2) is 4.98 Å². The lowest BCUT2D eigenvalue weighted by molar-refractivity contribution is -0.132. The Kier molecular flexibility index (Phi) is 8.11. The molecule has 3 aromatic carbocycles. The third kappa shape index (κ3) is 6.39. The molecule has 0 radical (unpaired) electrons. The van der Waals surface area contributed by atoms with Crippen molar-refractivity contribution >= 4 is 40.0 Å². The third-order valence-corrected chi connectivity index (χ3v) is 8.16. The van der Waals surface area contributed by atoms with Crippen LogP contribution >= 0.6 is 0 Å². The zero-order chi connectivity index (χ0) is 29.9. The van der Waals surface area contributed by atoms with Crippen LogP contribution in [0.25, 0.3) is 33.3 Å². The SMILES string of the molecule is CC(=O)NCCn1c([C@@H]2CCCN(C(=O)C[C@H](N)Cc3ccc(-c4ccc5oc(N)nc5c4)cc3)C2)nc2ccccc21. The highest BCUT2D eigenvalue weighted by atomic mass is 16.4. The lowest BCUT2D eigenvalue weighted by Crippen LogP contribution is -2.42. The maximum Gasteiger partial charge on any atom is 0.292 e. The van der Waals surface area contributed by atoms with Gasteiger partial charge in [-0.15, -0.1) is 0 Å². The lowest BCUT2D eigenvalue weighted by atomic mass is 9.95. The highest BCUT2D eigenvalue weighted by Gasteiger charge is 2.29. The van der Waals surface area contributed by atoms with Gasteiger partial charge < -0.3 is 30.7 Å². The Morgan fingerprint density at radius 2 is 1.84 bits per heavy atom. The van der Waals surface area contributed by atoms with Crippen LogP contribution in [0.3, 0.4) is 0 Å². The van der Waals surface area contributed by atoms with Gasteiger partial charge in [-0.2, -0.15) is 4.98 Å². The summed E-state index contributed by atoms with van der Waals surface area (Å²) in [5, 5.41) is 2.89. The Balaban J connectivity index is 1.08. The minimum atomic E-state index is -0.282.